The predicted octanol–water partition coefficient (Wildman–Crippen LogP) is -0.196. The fourth-order valence-corrected chi connectivity index (χ4v) is 2.00. The largest absolute Gasteiger partial charge is 0.481 e. The minimum atomic E-state index is -0.859. The van der Waals surface area contributed by atoms with Crippen LogP contribution in [-0.2, 0) is 9.59 Å². The molecule has 0 aromatic heterocycles. The van der Waals surface area contributed by atoms with Crippen molar-refractivity contribution in [3.8, 4) is 0 Å². The van der Waals surface area contributed by atoms with Crippen molar-refractivity contribution in [2.75, 3.05) is 6.54 Å². The van der Waals surface area contributed by atoms with Gasteiger partial charge in [0, 0.05) is 6.54 Å². The molecular formula is C11H19N3O4. The first-order chi connectivity index (χ1) is 8.34. The first-order valence-electron chi connectivity index (χ1n) is 5.90. The van der Waals surface area contributed by atoms with Gasteiger partial charge < -0.3 is 21.5 Å². The summed E-state index contributed by atoms with van der Waals surface area (Å²) in [7, 11) is 0. The maximum absolute atomic E-state index is 11.5. The van der Waals surface area contributed by atoms with Gasteiger partial charge >= 0.3 is 12.0 Å². The zero-order chi connectivity index (χ0) is 13.8. The summed E-state index contributed by atoms with van der Waals surface area (Å²) in [4.78, 5) is 32.9. The molecule has 3 amide bonds. The van der Waals surface area contributed by atoms with Gasteiger partial charge in [-0.3, -0.25) is 9.59 Å². The number of primary amides is 1. The molecule has 5 N–H and O–H groups in total. The Morgan fingerprint density at radius 1 is 1.39 bits per heavy atom. The van der Waals surface area contributed by atoms with Crippen LogP contribution in [0.15, 0.2) is 0 Å². The number of urea groups is 1. The first kappa shape index (κ1) is 14.3. The van der Waals surface area contributed by atoms with E-state index in [-0.39, 0.29) is 11.8 Å². The van der Waals surface area contributed by atoms with Crippen LogP contribution in [0.3, 0.4) is 0 Å². The number of hydrogen-bond acceptors (Lipinski definition) is 3. The molecule has 1 aliphatic rings. The van der Waals surface area contributed by atoms with E-state index in [1.165, 1.54) is 6.92 Å². The summed E-state index contributed by atoms with van der Waals surface area (Å²) in [6, 6.07) is -1.25. The Morgan fingerprint density at radius 2 is 2.00 bits per heavy atom. The molecule has 7 nitrogen and oxygen atoms in total. The quantitative estimate of drug-likeness (QED) is 0.526. The van der Waals surface area contributed by atoms with Gasteiger partial charge in [-0.1, -0.05) is 6.42 Å². The fraction of sp³-hybridized carbons (Fsp3) is 0.727. The number of amides is 3. The van der Waals surface area contributed by atoms with Crippen LogP contribution >= 0.6 is 0 Å². The van der Waals surface area contributed by atoms with Gasteiger partial charge in [0.05, 0.1) is 6.42 Å². The van der Waals surface area contributed by atoms with Gasteiger partial charge in [-0.15, -0.1) is 0 Å². The molecule has 0 saturated heterocycles. The summed E-state index contributed by atoms with van der Waals surface area (Å²) in [6.07, 6.45) is 2.63. The zero-order valence-electron chi connectivity index (χ0n) is 10.4. The van der Waals surface area contributed by atoms with Gasteiger partial charge in [0.25, 0.3) is 0 Å². The third kappa shape index (κ3) is 3.90. The number of nitrogens with one attached hydrogen (secondary N) is 2. The zero-order valence-corrected chi connectivity index (χ0v) is 10.4. The average Bonchev–Trinajstić information content (AvgIpc) is 2.21. The molecule has 1 aliphatic carbocycles. The summed E-state index contributed by atoms with van der Waals surface area (Å²) in [5.41, 5.74) is 4.68. The normalized spacial score (nSPS) is 18.3. The third-order valence-electron chi connectivity index (χ3n) is 3.34. The minimum Gasteiger partial charge on any atom is -0.481 e. The number of hydrogen-bond donors (Lipinski definition) is 4. The van der Waals surface area contributed by atoms with E-state index < -0.39 is 23.9 Å². The van der Waals surface area contributed by atoms with Crippen molar-refractivity contribution in [1.29, 1.82) is 0 Å². The van der Waals surface area contributed by atoms with Crippen molar-refractivity contribution < 1.29 is 19.5 Å². The van der Waals surface area contributed by atoms with Crippen LogP contribution in [-0.4, -0.2) is 35.6 Å². The lowest BCUT2D eigenvalue weighted by Gasteiger charge is -2.40. The van der Waals surface area contributed by atoms with Gasteiger partial charge in [-0.2, -0.15) is 0 Å². The van der Waals surface area contributed by atoms with Crippen LogP contribution in [0.5, 0.6) is 0 Å². The Bertz CT molecular complexity index is 352. The predicted molar refractivity (Wildman–Crippen MR) is 63.7 cm³/mol. The van der Waals surface area contributed by atoms with E-state index in [1.54, 1.807) is 0 Å². The molecule has 102 valence electrons. The van der Waals surface area contributed by atoms with E-state index in [2.05, 4.69) is 10.6 Å². The van der Waals surface area contributed by atoms with Crippen molar-refractivity contribution in [3.05, 3.63) is 0 Å². The van der Waals surface area contributed by atoms with Crippen molar-refractivity contribution in [2.45, 2.75) is 38.6 Å². The van der Waals surface area contributed by atoms with Crippen LogP contribution in [0.2, 0.25) is 0 Å². The lowest BCUT2D eigenvalue weighted by Crippen LogP contribution is -2.50. The highest BCUT2D eigenvalue weighted by Gasteiger charge is 2.39. The summed E-state index contributed by atoms with van der Waals surface area (Å²) in [5.74, 6) is -1.48. The number of nitrogens with two attached hydrogens (primary N) is 1. The number of carbonyl (C=O) groups is 3. The summed E-state index contributed by atoms with van der Waals surface area (Å²) in [5, 5.41) is 13.8. The van der Waals surface area contributed by atoms with Crippen LogP contribution in [0.1, 0.15) is 32.6 Å². The number of rotatable bonds is 6. The van der Waals surface area contributed by atoms with E-state index in [4.69, 9.17) is 10.8 Å². The maximum atomic E-state index is 11.5. The molecule has 1 fully saturated rings. The highest BCUT2D eigenvalue weighted by molar-refractivity contribution is 5.85. The smallest absolute Gasteiger partial charge is 0.315 e. The van der Waals surface area contributed by atoms with Crippen molar-refractivity contribution in [2.24, 2.45) is 11.1 Å². The Kier molecular flexibility index (Phi) is 4.52. The maximum Gasteiger partial charge on any atom is 0.315 e. The van der Waals surface area contributed by atoms with E-state index in [0.717, 1.165) is 19.3 Å². The molecule has 0 radical (unpaired) electrons. The molecule has 1 rings (SSSR count). The summed E-state index contributed by atoms with van der Waals surface area (Å²) in [6.45, 7) is 1.79. The Morgan fingerprint density at radius 3 is 2.39 bits per heavy atom. The Balaban J connectivity index is 2.37. The average molecular weight is 257 g/mol. The van der Waals surface area contributed by atoms with Crippen molar-refractivity contribution in [1.82, 2.24) is 10.6 Å². The summed E-state index contributed by atoms with van der Waals surface area (Å²) >= 11 is 0. The second-order valence-electron chi connectivity index (χ2n) is 4.88. The SMILES string of the molecule is CC(NC(=O)NCC1(CC(=O)O)CCC1)C(N)=O. The lowest BCUT2D eigenvalue weighted by atomic mass is 9.66. The van der Waals surface area contributed by atoms with Gasteiger partial charge in [-0.25, -0.2) is 4.79 Å². The molecule has 0 aliphatic heterocycles. The molecule has 0 bridgehead atoms. The highest BCUT2D eigenvalue weighted by atomic mass is 16.4. The number of carboxylic acids is 1. The molecule has 1 saturated carbocycles. The van der Waals surface area contributed by atoms with Crippen LogP contribution < -0.4 is 16.4 Å². The second kappa shape index (κ2) is 5.70. The standard InChI is InChI=1S/C11H19N3O4/c1-7(9(12)17)14-10(18)13-6-11(3-2-4-11)5-8(15)16/h7H,2-6H2,1H3,(H2,12,17)(H,15,16)(H2,13,14,18). The molecule has 0 aromatic rings. The molecule has 0 spiro atoms. The van der Waals surface area contributed by atoms with E-state index >= 15 is 0 Å². The van der Waals surface area contributed by atoms with Gasteiger partial charge in [0.2, 0.25) is 5.91 Å². The molecule has 1 atom stereocenters. The fourth-order valence-electron chi connectivity index (χ4n) is 2.00. The summed E-state index contributed by atoms with van der Waals surface area (Å²) < 4.78 is 0. The molecule has 0 aromatic carbocycles. The second-order valence-corrected chi connectivity index (χ2v) is 4.88. The van der Waals surface area contributed by atoms with Crippen LogP contribution in [0.25, 0.3) is 0 Å². The molecule has 1 unspecified atom stereocenters. The van der Waals surface area contributed by atoms with Crippen molar-refractivity contribution in [3.63, 3.8) is 0 Å². The van der Waals surface area contributed by atoms with Crippen LogP contribution in [0.4, 0.5) is 4.79 Å². The topological polar surface area (TPSA) is 122 Å². The lowest BCUT2D eigenvalue weighted by molar-refractivity contribution is -0.141. The molecule has 0 heterocycles. The molecular weight excluding hydrogens is 238 g/mol. The Hall–Kier alpha value is -1.79. The Labute approximate surface area is 105 Å². The van der Waals surface area contributed by atoms with Crippen molar-refractivity contribution >= 4 is 17.9 Å². The number of carbonyl (C=O) groups excluding carboxylic acids is 2. The van der Waals surface area contributed by atoms with Gasteiger partial charge in [0.15, 0.2) is 0 Å². The van der Waals surface area contributed by atoms with E-state index in [1.807, 2.05) is 0 Å². The van der Waals surface area contributed by atoms with Gasteiger partial charge in [-0.05, 0) is 25.2 Å². The molecule has 18 heavy (non-hydrogen) atoms. The van der Waals surface area contributed by atoms with E-state index in [0.29, 0.717) is 6.54 Å². The third-order valence-corrected chi connectivity index (χ3v) is 3.34. The monoisotopic (exact) mass is 257 g/mol. The number of aliphatic carboxylic acids is 1. The molecule has 7 heteroatoms. The number of carboxylic acid groups (broad SMARTS) is 1. The van der Waals surface area contributed by atoms with E-state index in [9.17, 15) is 14.4 Å². The first-order valence-corrected chi connectivity index (χ1v) is 5.90. The minimum absolute atomic E-state index is 0.0542. The highest BCUT2D eigenvalue weighted by Crippen LogP contribution is 2.43. The van der Waals surface area contributed by atoms with Crippen LogP contribution in [0, 0.1) is 5.41 Å². The van der Waals surface area contributed by atoms with Gasteiger partial charge in [0.1, 0.15) is 6.04 Å².